The van der Waals surface area contributed by atoms with Gasteiger partial charge in [-0.25, -0.2) is 4.79 Å². The summed E-state index contributed by atoms with van der Waals surface area (Å²) < 4.78 is 0.673. The number of hydrogen-bond acceptors (Lipinski definition) is 3. The first-order valence-electron chi connectivity index (χ1n) is 4.81. The van der Waals surface area contributed by atoms with Gasteiger partial charge in [-0.3, -0.25) is 0 Å². The minimum absolute atomic E-state index is 0.0168. The Bertz CT molecular complexity index is 403. The lowest BCUT2D eigenvalue weighted by Gasteiger charge is -2.10. The van der Waals surface area contributed by atoms with E-state index in [2.05, 4.69) is 26.6 Å². The van der Waals surface area contributed by atoms with Crippen molar-refractivity contribution in [3.05, 3.63) is 27.7 Å². The average Bonchev–Trinajstić information content (AvgIpc) is 2.31. The molecule has 1 atom stereocenters. The first kappa shape index (κ1) is 14.2. The number of amides is 2. The van der Waals surface area contributed by atoms with Crippen LogP contribution in [0.2, 0.25) is 5.02 Å². The highest BCUT2D eigenvalue weighted by molar-refractivity contribution is 9.10. The quantitative estimate of drug-likeness (QED) is 0.679. The monoisotopic (exact) mass is 322 g/mol. The fourth-order valence-corrected chi connectivity index (χ4v) is 1.52. The lowest BCUT2D eigenvalue weighted by molar-refractivity contribution is 0.0965. The highest BCUT2D eigenvalue weighted by Gasteiger charge is 2.06. The van der Waals surface area contributed by atoms with Crippen LogP contribution in [0.1, 0.15) is 0 Å². The highest BCUT2D eigenvalue weighted by atomic mass is 79.9. The standard InChI is InChI=1S/C10H12BrClN2O3/c11-8-3-6(1-2-9(8)12)14-10(17)13-4-7(16)5-15/h1-3,7,15-16H,4-5H2,(H2,13,14,17)/t7-/m1/s1. The SMILES string of the molecule is O=C(NC[C@@H](O)CO)Nc1ccc(Cl)c(Br)c1. The number of benzene rings is 1. The van der Waals surface area contributed by atoms with Crippen LogP contribution in [0.4, 0.5) is 10.5 Å². The summed E-state index contributed by atoms with van der Waals surface area (Å²) in [5, 5.41) is 23.1. The summed E-state index contributed by atoms with van der Waals surface area (Å²) in [5.41, 5.74) is 0.567. The molecule has 0 saturated heterocycles. The zero-order valence-corrected chi connectivity index (χ0v) is 11.1. The molecule has 1 aromatic carbocycles. The molecule has 5 nitrogen and oxygen atoms in total. The Labute approximate surface area is 112 Å². The molecule has 1 aromatic rings. The molecular formula is C10H12BrClN2O3. The van der Waals surface area contributed by atoms with E-state index in [1.807, 2.05) is 0 Å². The van der Waals surface area contributed by atoms with Gasteiger partial charge in [0.2, 0.25) is 0 Å². The molecule has 2 amide bonds. The van der Waals surface area contributed by atoms with Crippen molar-refractivity contribution in [1.29, 1.82) is 0 Å². The van der Waals surface area contributed by atoms with Crippen LogP contribution in [0.15, 0.2) is 22.7 Å². The number of aliphatic hydroxyl groups is 2. The minimum Gasteiger partial charge on any atom is -0.394 e. The van der Waals surface area contributed by atoms with Crippen molar-refractivity contribution in [1.82, 2.24) is 5.32 Å². The van der Waals surface area contributed by atoms with Crippen LogP contribution in [0.5, 0.6) is 0 Å². The van der Waals surface area contributed by atoms with Crippen LogP contribution in [0.3, 0.4) is 0 Å². The molecule has 7 heteroatoms. The maximum absolute atomic E-state index is 11.4. The molecule has 0 fully saturated rings. The van der Waals surface area contributed by atoms with Gasteiger partial charge in [-0.2, -0.15) is 0 Å². The predicted molar refractivity (Wildman–Crippen MR) is 69.3 cm³/mol. The first-order valence-corrected chi connectivity index (χ1v) is 5.99. The van der Waals surface area contributed by atoms with Crippen LogP contribution < -0.4 is 10.6 Å². The molecule has 17 heavy (non-hydrogen) atoms. The Kier molecular flexibility index (Phi) is 5.70. The van der Waals surface area contributed by atoms with E-state index in [9.17, 15) is 4.79 Å². The lowest BCUT2D eigenvalue weighted by Crippen LogP contribution is -2.36. The molecule has 0 radical (unpaired) electrons. The van der Waals surface area contributed by atoms with Crippen molar-refractivity contribution in [2.75, 3.05) is 18.5 Å². The molecule has 0 aliphatic rings. The molecule has 0 aliphatic carbocycles. The first-order chi connectivity index (χ1) is 8.02. The van der Waals surface area contributed by atoms with E-state index < -0.39 is 18.7 Å². The molecule has 0 aromatic heterocycles. The number of urea groups is 1. The summed E-state index contributed by atoms with van der Waals surface area (Å²) >= 11 is 9.04. The smallest absolute Gasteiger partial charge is 0.319 e. The second-order valence-corrected chi connectivity index (χ2v) is 4.56. The van der Waals surface area contributed by atoms with Crippen LogP contribution in [-0.4, -0.2) is 35.5 Å². The van der Waals surface area contributed by atoms with Crippen molar-refractivity contribution in [3.63, 3.8) is 0 Å². The number of anilines is 1. The van der Waals surface area contributed by atoms with Gasteiger partial charge in [0.1, 0.15) is 0 Å². The van der Waals surface area contributed by atoms with Gasteiger partial charge in [0.25, 0.3) is 0 Å². The van der Waals surface area contributed by atoms with Crippen molar-refractivity contribution < 1.29 is 15.0 Å². The van der Waals surface area contributed by atoms with Gasteiger partial charge in [-0.1, -0.05) is 11.6 Å². The van der Waals surface area contributed by atoms with Gasteiger partial charge >= 0.3 is 6.03 Å². The number of carbonyl (C=O) groups excluding carboxylic acids is 1. The van der Waals surface area contributed by atoms with Gasteiger partial charge in [0.05, 0.1) is 17.7 Å². The van der Waals surface area contributed by atoms with E-state index in [-0.39, 0.29) is 6.54 Å². The third kappa shape index (κ3) is 4.91. The van der Waals surface area contributed by atoms with E-state index in [1.165, 1.54) is 0 Å². The summed E-state index contributed by atoms with van der Waals surface area (Å²) in [6.45, 7) is -0.413. The Balaban J connectivity index is 2.48. The van der Waals surface area contributed by atoms with Gasteiger partial charge < -0.3 is 20.8 Å². The average molecular weight is 324 g/mol. The van der Waals surface area contributed by atoms with Crippen LogP contribution in [0.25, 0.3) is 0 Å². The largest absolute Gasteiger partial charge is 0.394 e. The molecule has 4 N–H and O–H groups in total. The molecule has 94 valence electrons. The Morgan fingerprint density at radius 2 is 2.24 bits per heavy atom. The van der Waals surface area contributed by atoms with Gasteiger partial charge in [-0.05, 0) is 34.1 Å². The van der Waals surface area contributed by atoms with E-state index >= 15 is 0 Å². The summed E-state index contributed by atoms with van der Waals surface area (Å²) in [7, 11) is 0. The number of aliphatic hydroxyl groups excluding tert-OH is 2. The van der Waals surface area contributed by atoms with Gasteiger partial charge in [0, 0.05) is 16.7 Å². The van der Waals surface area contributed by atoms with Gasteiger partial charge in [-0.15, -0.1) is 0 Å². The van der Waals surface area contributed by atoms with Gasteiger partial charge in [0.15, 0.2) is 0 Å². The molecule has 0 saturated carbocycles. The molecule has 0 bridgehead atoms. The third-order valence-corrected chi connectivity index (χ3v) is 3.10. The van der Waals surface area contributed by atoms with E-state index in [0.717, 1.165) is 0 Å². The second-order valence-electron chi connectivity index (χ2n) is 3.30. The maximum Gasteiger partial charge on any atom is 0.319 e. The maximum atomic E-state index is 11.4. The van der Waals surface area contributed by atoms with Crippen LogP contribution in [0, 0.1) is 0 Å². The van der Waals surface area contributed by atoms with Crippen molar-refractivity contribution in [2.24, 2.45) is 0 Å². The number of nitrogens with one attached hydrogen (secondary N) is 2. The Hall–Kier alpha value is -0.820. The van der Waals surface area contributed by atoms with Crippen LogP contribution in [-0.2, 0) is 0 Å². The number of carbonyl (C=O) groups is 1. The zero-order chi connectivity index (χ0) is 12.8. The van der Waals surface area contributed by atoms with Crippen molar-refractivity contribution in [3.8, 4) is 0 Å². The molecule has 0 spiro atoms. The normalized spacial score (nSPS) is 12.0. The molecule has 0 aliphatic heterocycles. The van der Waals surface area contributed by atoms with E-state index in [1.54, 1.807) is 18.2 Å². The number of rotatable bonds is 4. The summed E-state index contributed by atoms with van der Waals surface area (Å²) in [6, 6.07) is 4.48. The molecule has 0 unspecified atom stereocenters. The summed E-state index contributed by atoms with van der Waals surface area (Å²) in [6.07, 6.45) is -0.960. The summed E-state index contributed by atoms with van der Waals surface area (Å²) in [4.78, 5) is 11.4. The fraction of sp³-hybridized carbons (Fsp3) is 0.300. The second kappa shape index (κ2) is 6.80. The topological polar surface area (TPSA) is 81.6 Å². The molecule has 1 rings (SSSR count). The minimum atomic E-state index is -0.960. The van der Waals surface area contributed by atoms with E-state index in [4.69, 9.17) is 21.8 Å². The highest BCUT2D eigenvalue weighted by Crippen LogP contribution is 2.25. The van der Waals surface area contributed by atoms with Crippen LogP contribution >= 0.6 is 27.5 Å². The predicted octanol–water partition coefficient (Wildman–Crippen LogP) is 1.58. The molecular weight excluding hydrogens is 311 g/mol. The lowest BCUT2D eigenvalue weighted by atomic mass is 10.3. The summed E-state index contributed by atoms with van der Waals surface area (Å²) in [5.74, 6) is 0. The van der Waals surface area contributed by atoms with Crippen molar-refractivity contribution in [2.45, 2.75) is 6.10 Å². The third-order valence-electron chi connectivity index (χ3n) is 1.89. The number of halogens is 2. The fourth-order valence-electron chi connectivity index (χ4n) is 1.02. The zero-order valence-electron chi connectivity index (χ0n) is 8.78. The molecule has 0 heterocycles. The number of hydrogen-bond donors (Lipinski definition) is 4. The van der Waals surface area contributed by atoms with Crippen molar-refractivity contribution >= 4 is 39.2 Å². The van der Waals surface area contributed by atoms with E-state index in [0.29, 0.717) is 15.2 Å². The Morgan fingerprint density at radius 1 is 1.53 bits per heavy atom. The Morgan fingerprint density at radius 3 is 2.82 bits per heavy atom.